The Morgan fingerprint density at radius 2 is 1.79 bits per heavy atom. The van der Waals surface area contributed by atoms with Crippen molar-refractivity contribution in [3.63, 3.8) is 0 Å². The van der Waals surface area contributed by atoms with Gasteiger partial charge in [0.15, 0.2) is 0 Å². The molecule has 1 aliphatic rings. The smallest absolute Gasteiger partial charge is 0.250 e. The number of ether oxygens (including phenoxy) is 2. The third-order valence-corrected chi connectivity index (χ3v) is 9.19. The summed E-state index contributed by atoms with van der Waals surface area (Å²) in [7, 11) is -0.0920. The van der Waals surface area contributed by atoms with E-state index in [0.29, 0.717) is 6.61 Å². The van der Waals surface area contributed by atoms with Gasteiger partial charge >= 0.3 is 0 Å². The molecule has 132 valence electrons. The molecule has 0 spiro atoms. The highest BCUT2D eigenvalue weighted by Gasteiger charge is 2.39. The van der Waals surface area contributed by atoms with Crippen LogP contribution in [0.2, 0.25) is 18.1 Å². The molecular formula is C20H30O3Si. The van der Waals surface area contributed by atoms with Crippen molar-refractivity contribution in [2.24, 2.45) is 0 Å². The molecule has 3 nitrogen and oxygen atoms in total. The van der Waals surface area contributed by atoms with Gasteiger partial charge in [0.25, 0.3) is 0 Å². The lowest BCUT2D eigenvalue weighted by atomic mass is 10.1. The van der Waals surface area contributed by atoms with Gasteiger partial charge in [-0.05, 0) is 54.4 Å². The van der Waals surface area contributed by atoms with Crippen LogP contribution in [0.5, 0.6) is 5.75 Å². The standard InChI is InChI=1S/C20H30O3Si/c1-20(2,3)24(5,6)23-19-13-11-18(12-14-19)22-15-16-7-9-17(21-4)10-8-16/h7-11,13-14,18H,12,15H2,1-6H3. The average Bonchev–Trinajstić information content (AvgIpc) is 2.53. The van der Waals surface area contributed by atoms with Crippen molar-refractivity contribution in [2.45, 2.75) is 58.0 Å². The molecule has 0 saturated heterocycles. The van der Waals surface area contributed by atoms with Gasteiger partial charge in [-0.2, -0.15) is 0 Å². The number of benzene rings is 1. The molecule has 1 unspecified atom stereocenters. The minimum Gasteiger partial charge on any atom is -0.544 e. The second-order valence-corrected chi connectivity index (χ2v) is 12.5. The summed E-state index contributed by atoms with van der Waals surface area (Å²) in [6.45, 7) is 11.9. The fourth-order valence-corrected chi connectivity index (χ4v) is 3.20. The second kappa shape index (κ2) is 7.58. The maximum atomic E-state index is 6.32. The lowest BCUT2D eigenvalue weighted by Crippen LogP contribution is -2.40. The van der Waals surface area contributed by atoms with Crippen LogP contribution >= 0.6 is 0 Å². The first-order valence-electron chi connectivity index (χ1n) is 8.53. The number of methoxy groups -OCH3 is 1. The second-order valence-electron chi connectivity index (χ2n) is 7.76. The summed E-state index contributed by atoms with van der Waals surface area (Å²) in [6.07, 6.45) is 7.28. The highest BCUT2D eigenvalue weighted by atomic mass is 28.4. The summed E-state index contributed by atoms with van der Waals surface area (Å²) in [4.78, 5) is 0. The zero-order chi connectivity index (χ0) is 17.8. The third-order valence-electron chi connectivity index (χ3n) is 4.83. The minimum atomic E-state index is -1.77. The van der Waals surface area contributed by atoms with Gasteiger partial charge in [0, 0.05) is 0 Å². The van der Waals surface area contributed by atoms with Crippen LogP contribution in [0, 0.1) is 0 Å². The molecule has 0 aliphatic heterocycles. The lowest BCUT2D eigenvalue weighted by molar-refractivity contribution is 0.0721. The third kappa shape index (κ3) is 4.98. The van der Waals surface area contributed by atoms with Crippen molar-refractivity contribution < 1.29 is 13.9 Å². The zero-order valence-corrected chi connectivity index (χ0v) is 16.8. The molecule has 0 heterocycles. The Morgan fingerprint density at radius 1 is 1.12 bits per heavy atom. The maximum Gasteiger partial charge on any atom is 0.250 e. The fraction of sp³-hybridized carbons (Fsp3) is 0.500. The molecule has 24 heavy (non-hydrogen) atoms. The SMILES string of the molecule is COc1ccc(COC2C=CC(O[Si](C)(C)C(C)(C)C)=CC2)cc1. The summed E-state index contributed by atoms with van der Waals surface area (Å²) in [6, 6.07) is 7.99. The fourth-order valence-electron chi connectivity index (χ4n) is 2.15. The molecule has 1 atom stereocenters. The number of allylic oxidation sites excluding steroid dienone is 1. The molecule has 0 fully saturated rings. The van der Waals surface area contributed by atoms with Crippen molar-refractivity contribution in [1.29, 1.82) is 0 Å². The van der Waals surface area contributed by atoms with Crippen LogP contribution in [0.15, 0.2) is 48.3 Å². The minimum absolute atomic E-state index is 0.110. The van der Waals surface area contributed by atoms with Crippen LogP contribution in [-0.2, 0) is 15.8 Å². The van der Waals surface area contributed by atoms with Gasteiger partial charge in [0.1, 0.15) is 5.75 Å². The van der Waals surface area contributed by atoms with Gasteiger partial charge in [-0.15, -0.1) is 0 Å². The number of hydrogen-bond donors (Lipinski definition) is 0. The highest BCUT2D eigenvalue weighted by molar-refractivity contribution is 6.74. The molecule has 4 heteroatoms. The van der Waals surface area contributed by atoms with E-state index in [1.807, 2.05) is 24.3 Å². The van der Waals surface area contributed by atoms with Crippen LogP contribution in [0.3, 0.4) is 0 Å². The van der Waals surface area contributed by atoms with Crippen LogP contribution in [0.25, 0.3) is 0 Å². The normalized spacial score (nSPS) is 18.2. The quantitative estimate of drug-likeness (QED) is 0.641. The molecule has 0 saturated carbocycles. The Kier molecular flexibility index (Phi) is 5.94. The van der Waals surface area contributed by atoms with E-state index < -0.39 is 8.32 Å². The molecule has 1 aromatic rings. The van der Waals surface area contributed by atoms with E-state index in [0.717, 1.165) is 23.5 Å². The van der Waals surface area contributed by atoms with E-state index in [1.54, 1.807) is 7.11 Å². The van der Waals surface area contributed by atoms with E-state index in [9.17, 15) is 0 Å². The average molecular weight is 347 g/mol. The van der Waals surface area contributed by atoms with Crippen molar-refractivity contribution in [3.8, 4) is 5.75 Å². The van der Waals surface area contributed by atoms with Crippen LogP contribution < -0.4 is 4.74 Å². The first-order valence-corrected chi connectivity index (χ1v) is 11.4. The Morgan fingerprint density at radius 3 is 2.29 bits per heavy atom. The molecule has 2 rings (SSSR count). The van der Waals surface area contributed by atoms with E-state index in [4.69, 9.17) is 13.9 Å². The van der Waals surface area contributed by atoms with Crippen LogP contribution in [0.1, 0.15) is 32.8 Å². The Hall–Kier alpha value is -1.52. The van der Waals surface area contributed by atoms with Gasteiger partial charge < -0.3 is 13.9 Å². The first-order chi connectivity index (χ1) is 11.2. The highest BCUT2D eigenvalue weighted by Crippen LogP contribution is 2.38. The van der Waals surface area contributed by atoms with Gasteiger partial charge in [-0.25, -0.2) is 0 Å². The molecule has 0 N–H and O–H groups in total. The van der Waals surface area contributed by atoms with E-state index in [1.165, 1.54) is 0 Å². The Labute approximate surface area is 147 Å². The molecule has 1 aliphatic carbocycles. The van der Waals surface area contributed by atoms with Crippen molar-refractivity contribution in [3.05, 3.63) is 53.8 Å². The van der Waals surface area contributed by atoms with E-state index in [-0.39, 0.29) is 11.1 Å². The summed E-state index contributed by atoms with van der Waals surface area (Å²) in [5.41, 5.74) is 1.15. The topological polar surface area (TPSA) is 27.7 Å². The molecule has 0 bridgehead atoms. The first kappa shape index (κ1) is 18.8. The maximum absolute atomic E-state index is 6.32. The summed E-state index contributed by atoms with van der Waals surface area (Å²) in [5, 5.41) is 0.212. The molecule has 0 amide bonds. The largest absolute Gasteiger partial charge is 0.544 e. The van der Waals surface area contributed by atoms with Crippen LogP contribution in [-0.4, -0.2) is 21.5 Å². The van der Waals surface area contributed by atoms with E-state index >= 15 is 0 Å². The van der Waals surface area contributed by atoms with Gasteiger partial charge in [-0.3, -0.25) is 0 Å². The monoisotopic (exact) mass is 346 g/mol. The Bertz CT molecular complexity index is 594. The lowest BCUT2D eigenvalue weighted by Gasteiger charge is -2.37. The van der Waals surface area contributed by atoms with Gasteiger partial charge in [0.05, 0.1) is 25.6 Å². The van der Waals surface area contributed by atoms with E-state index in [2.05, 4.69) is 52.1 Å². The van der Waals surface area contributed by atoms with Crippen molar-refractivity contribution in [1.82, 2.24) is 0 Å². The predicted molar refractivity (Wildman–Crippen MR) is 102 cm³/mol. The zero-order valence-electron chi connectivity index (χ0n) is 15.8. The molecule has 0 aromatic heterocycles. The Balaban J connectivity index is 1.83. The molecule has 0 radical (unpaired) electrons. The number of rotatable bonds is 6. The van der Waals surface area contributed by atoms with Crippen molar-refractivity contribution in [2.75, 3.05) is 7.11 Å². The van der Waals surface area contributed by atoms with Crippen molar-refractivity contribution >= 4 is 8.32 Å². The number of hydrogen-bond acceptors (Lipinski definition) is 3. The summed E-state index contributed by atoms with van der Waals surface area (Å²) < 4.78 is 17.5. The van der Waals surface area contributed by atoms with Gasteiger partial charge in [-0.1, -0.05) is 39.0 Å². The van der Waals surface area contributed by atoms with Gasteiger partial charge in [0.2, 0.25) is 8.32 Å². The molecule has 1 aromatic carbocycles. The summed E-state index contributed by atoms with van der Waals surface area (Å²) in [5.74, 6) is 1.86. The molecular weight excluding hydrogens is 316 g/mol. The summed E-state index contributed by atoms with van der Waals surface area (Å²) >= 11 is 0. The van der Waals surface area contributed by atoms with Crippen LogP contribution in [0.4, 0.5) is 0 Å². The predicted octanol–water partition coefficient (Wildman–Crippen LogP) is 5.45.